The van der Waals surface area contributed by atoms with Gasteiger partial charge in [-0.2, -0.15) is 0 Å². The summed E-state index contributed by atoms with van der Waals surface area (Å²) in [5.74, 6) is 0. The molecule has 0 radical (unpaired) electrons. The number of benzene rings is 2. The molecular weight excluding hydrogens is 591 g/mol. The van der Waals surface area contributed by atoms with Crippen LogP contribution in [0.3, 0.4) is 0 Å². The Morgan fingerprint density at radius 1 is 0.718 bits per heavy atom. The van der Waals surface area contributed by atoms with Crippen LogP contribution in [0, 0.1) is 0 Å². The number of unbranched alkanes of at least 4 members (excludes halogenated alkanes) is 3. The Kier molecular flexibility index (Phi) is 15.2. The number of hydrogen-bond donors (Lipinski definition) is 0. The quantitative estimate of drug-likeness (QED) is 0.113. The molecule has 1 aliphatic rings. The molecular formula is C34H52O4Sn. The molecule has 4 atom stereocenters. The van der Waals surface area contributed by atoms with Gasteiger partial charge < -0.3 is 0 Å². The first-order valence-electron chi connectivity index (χ1n) is 15.3. The minimum absolute atomic E-state index is 0.188. The van der Waals surface area contributed by atoms with E-state index in [0.29, 0.717) is 13.2 Å². The second-order valence-electron chi connectivity index (χ2n) is 11.2. The molecule has 0 aliphatic carbocycles. The zero-order chi connectivity index (χ0) is 27.8. The molecule has 0 spiro atoms. The first-order valence-corrected chi connectivity index (χ1v) is 23.4. The van der Waals surface area contributed by atoms with Gasteiger partial charge in [-0.15, -0.1) is 0 Å². The van der Waals surface area contributed by atoms with E-state index in [4.69, 9.17) is 18.9 Å². The number of methoxy groups -OCH3 is 1. The second-order valence-corrected chi connectivity index (χ2v) is 25.2. The van der Waals surface area contributed by atoms with E-state index in [1.54, 1.807) is 7.11 Å². The molecule has 0 aromatic heterocycles. The van der Waals surface area contributed by atoms with Crippen molar-refractivity contribution < 1.29 is 18.9 Å². The number of hydrogen-bond acceptors (Lipinski definition) is 4. The van der Waals surface area contributed by atoms with Gasteiger partial charge in [-0.05, 0) is 0 Å². The number of allylic oxidation sites excluding steroid dienone is 1. The molecule has 0 unspecified atom stereocenters. The predicted octanol–water partition coefficient (Wildman–Crippen LogP) is 8.93. The maximum absolute atomic E-state index is 6.55. The summed E-state index contributed by atoms with van der Waals surface area (Å²) in [5, 5.41) is 0. The van der Waals surface area contributed by atoms with E-state index in [9.17, 15) is 0 Å². The fraction of sp³-hybridized carbons (Fsp3) is 0.588. The van der Waals surface area contributed by atoms with Crippen LogP contribution >= 0.6 is 0 Å². The van der Waals surface area contributed by atoms with Gasteiger partial charge in [-0.25, -0.2) is 0 Å². The Morgan fingerprint density at radius 3 is 1.67 bits per heavy atom. The first kappa shape index (κ1) is 32.3. The van der Waals surface area contributed by atoms with Crippen molar-refractivity contribution in [2.24, 2.45) is 0 Å². The molecule has 39 heavy (non-hydrogen) atoms. The minimum atomic E-state index is -2.27. The summed E-state index contributed by atoms with van der Waals surface area (Å²) in [6.07, 6.45) is 11.6. The van der Waals surface area contributed by atoms with Gasteiger partial charge in [0.15, 0.2) is 0 Å². The summed E-state index contributed by atoms with van der Waals surface area (Å²) in [6, 6.07) is 20.6. The van der Waals surface area contributed by atoms with Crippen molar-refractivity contribution in [1.82, 2.24) is 0 Å². The zero-order valence-corrected chi connectivity index (χ0v) is 27.7. The average molecular weight is 643 g/mol. The van der Waals surface area contributed by atoms with E-state index >= 15 is 0 Å². The molecule has 2 aromatic rings. The predicted molar refractivity (Wildman–Crippen MR) is 165 cm³/mol. The van der Waals surface area contributed by atoms with Crippen molar-refractivity contribution in [1.29, 1.82) is 0 Å². The Balaban J connectivity index is 1.77. The topological polar surface area (TPSA) is 36.9 Å². The Morgan fingerprint density at radius 2 is 1.21 bits per heavy atom. The summed E-state index contributed by atoms with van der Waals surface area (Å²) in [7, 11) is 1.70. The SMILES string of the molecule is CCC[CH2][Sn]([CH2]/C=C/[C@H]1O[C@@H](OC)[C@H](OCc2ccccc2)[C@@H]1OCc1ccccc1)([CH2]CCC)[CH2]CCC. The first-order chi connectivity index (χ1) is 19.1. The molecule has 0 N–H and O–H groups in total. The molecule has 1 saturated heterocycles. The van der Waals surface area contributed by atoms with Gasteiger partial charge in [0, 0.05) is 0 Å². The van der Waals surface area contributed by atoms with Crippen molar-refractivity contribution in [3.8, 4) is 0 Å². The van der Waals surface area contributed by atoms with Crippen LogP contribution in [0.2, 0.25) is 17.7 Å². The van der Waals surface area contributed by atoms with Crippen molar-refractivity contribution in [3.05, 3.63) is 83.9 Å². The molecule has 1 aliphatic heterocycles. The van der Waals surface area contributed by atoms with Gasteiger partial charge in [0.1, 0.15) is 0 Å². The molecule has 3 rings (SSSR count). The summed E-state index contributed by atoms with van der Waals surface area (Å²) in [6.45, 7) is 8.04. The normalized spacial score (nSPS) is 21.6. The molecule has 216 valence electrons. The maximum atomic E-state index is 6.55. The standard InChI is InChI=1S/C22H25O4.3C4H9.Sn/c1-3-10-19-20(24-15-17-11-6-4-7-12-17)21(22(23-2)26-19)25-16-18-13-8-5-9-14-18;3*1-3-4-2;/h3-14,19-22H,1,15-16H2,2H3;3*1,3-4H2,2H3;/b10-3+;;;;/t19-,20-,21-,22-;;;;/m1..../s1. The molecule has 0 bridgehead atoms. The van der Waals surface area contributed by atoms with Crippen LogP contribution in [0.15, 0.2) is 72.8 Å². The van der Waals surface area contributed by atoms with Crippen molar-refractivity contribution in [3.63, 3.8) is 0 Å². The van der Waals surface area contributed by atoms with Gasteiger partial charge in [0.2, 0.25) is 0 Å². The van der Waals surface area contributed by atoms with E-state index in [0.717, 1.165) is 11.1 Å². The van der Waals surface area contributed by atoms with Crippen LogP contribution in [0.1, 0.15) is 70.4 Å². The Bertz CT molecular complexity index is 898. The summed E-state index contributed by atoms with van der Waals surface area (Å²) in [4.78, 5) is 0. The fourth-order valence-corrected chi connectivity index (χ4v) is 20.8. The number of rotatable bonds is 19. The molecule has 4 nitrogen and oxygen atoms in total. The van der Waals surface area contributed by atoms with Gasteiger partial charge in [-0.1, -0.05) is 0 Å². The van der Waals surface area contributed by atoms with Crippen LogP contribution in [0.4, 0.5) is 0 Å². The van der Waals surface area contributed by atoms with E-state index in [1.165, 1.54) is 56.3 Å². The monoisotopic (exact) mass is 644 g/mol. The molecule has 2 aromatic carbocycles. The summed E-state index contributed by atoms with van der Waals surface area (Å²) >= 11 is -2.27. The molecule has 1 heterocycles. The molecule has 0 saturated carbocycles. The third-order valence-corrected chi connectivity index (χ3v) is 23.3. The van der Waals surface area contributed by atoms with E-state index in [2.05, 4.69) is 69.3 Å². The number of ether oxygens (including phenoxy) is 4. The van der Waals surface area contributed by atoms with Crippen molar-refractivity contribution in [2.75, 3.05) is 7.11 Å². The fourth-order valence-electron chi connectivity index (χ4n) is 5.68. The van der Waals surface area contributed by atoms with E-state index in [-0.39, 0.29) is 18.3 Å². The van der Waals surface area contributed by atoms with Gasteiger partial charge in [0.05, 0.1) is 0 Å². The van der Waals surface area contributed by atoms with Crippen LogP contribution in [0.25, 0.3) is 0 Å². The van der Waals surface area contributed by atoms with E-state index in [1.807, 2.05) is 24.3 Å². The van der Waals surface area contributed by atoms with Gasteiger partial charge in [-0.3, -0.25) is 0 Å². The average Bonchev–Trinajstić information content (AvgIpc) is 3.32. The third-order valence-electron chi connectivity index (χ3n) is 8.07. The van der Waals surface area contributed by atoms with Crippen LogP contribution in [-0.2, 0) is 32.2 Å². The Labute approximate surface area is 242 Å². The van der Waals surface area contributed by atoms with Gasteiger partial charge in [0.25, 0.3) is 0 Å². The van der Waals surface area contributed by atoms with Crippen molar-refractivity contribution >= 4 is 18.4 Å². The van der Waals surface area contributed by atoms with Crippen molar-refractivity contribution in [2.45, 2.75) is 115 Å². The zero-order valence-electron chi connectivity index (χ0n) is 24.9. The summed E-state index contributed by atoms with van der Waals surface area (Å²) < 4.78 is 31.0. The van der Waals surface area contributed by atoms with Crippen LogP contribution < -0.4 is 0 Å². The van der Waals surface area contributed by atoms with Gasteiger partial charge >= 0.3 is 243 Å². The molecule has 1 fully saturated rings. The molecule has 0 amide bonds. The van der Waals surface area contributed by atoms with E-state index < -0.39 is 24.7 Å². The third kappa shape index (κ3) is 10.6. The Hall–Kier alpha value is -1.18. The van der Waals surface area contributed by atoms with Crippen LogP contribution in [0.5, 0.6) is 0 Å². The summed E-state index contributed by atoms with van der Waals surface area (Å²) in [5.41, 5.74) is 2.28. The molecule has 5 heteroatoms. The van der Waals surface area contributed by atoms with Crippen LogP contribution in [-0.4, -0.2) is 50.1 Å². The second kappa shape index (κ2) is 18.3.